The molecule has 0 aliphatic carbocycles. The Hall–Kier alpha value is -0.940. The van der Waals surface area contributed by atoms with Crippen LogP contribution < -0.4 is 0 Å². The minimum absolute atomic E-state index is 0.00310. The molecule has 0 saturated carbocycles. The van der Waals surface area contributed by atoms with Crippen molar-refractivity contribution in [3.63, 3.8) is 0 Å². The molecule has 78 valence electrons. The van der Waals surface area contributed by atoms with Gasteiger partial charge in [-0.15, -0.1) is 11.3 Å². The van der Waals surface area contributed by atoms with Gasteiger partial charge >= 0.3 is 5.97 Å². The van der Waals surface area contributed by atoms with Gasteiger partial charge in [-0.05, 0) is 13.8 Å². The van der Waals surface area contributed by atoms with E-state index in [0.717, 1.165) is 10.6 Å². The Morgan fingerprint density at radius 3 is 3.00 bits per heavy atom. The number of carbonyl (C=O) groups is 1. The van der Waals surface area contributed by atoms with Crippen LogP contribution in [0.25, 0.3) is 0 Å². The van der Waals surface area contributed by atoms with Crippen molar-refractivity contribution in [3.05, 3.63) is 16.1 Å². The molecule has 0 aromatic carbocycles. The van der Waals surface area contributed by atoms with Crippen LogP contribution in [0.1, 0.15) is 30.0 Å². The monoisotopic (exact) mass is 215 g/mol. The van der Waals surface area contributed by atoms with Crippen molar-refractivity contribution in [1.29, 1.82) is 0 Å². The predicted molar refractivity (Wildman–Crippen MR) is 53.1 cm³/mol. The molecule has 1 heterocycles. The molecule has 14 heavy (non-hydrogen) atoms. The van der Waals surface area contributed by atoms with E-state index in [0.29, 0.717) is 6.61 Å². The van der Waals surface area contributed by atoms with Gasteiger partial charge in [0.05, 0.1) is 29.1 Å². The lowest BCUT2D eigenvalue weighted by atomic mass is 10.2. The number of esters is 1. The third kappa shape index (κ3) is 2.78. The molecule has 0 amide bonds. The fourth-order valence-electron chi connectivity index (χ4n) is 1.10. The number of rotatable bonds is 4. The number of thiazole rings is 1. The first-order chi connectivity index (χ1) is 6.65. The Morgan fingerprint density at radius 2 is 2.50 bits per heavy atom. The van der Waals surface area contributed by atoms with Crippen LogP contribution >= 0.6 is 11.3 Å². The Labute approximate surface area is 86.6 Å². The number of aryl methyl sites for hydroxylation is 1. The maximum Gasteiger partial charge on any atom is 0.308 e. The van der Waals surface area contributed by atoms with Crippen LogP contribution in [0.4, 0.5) is 0 Å². The molecule has 1 aromatic rings. The molecule has 1 unspecified atom stereocenters. The summed E-state index contributed by atoms with van der Waals surface area (Å²) in [6.45, 7) is 3.88. The van der Waals surface area contributed by atoms with Crippen molar-refractivity contribution in [2.75, 3.05) is 6.61 Å². The molecule has 0 aliphatic heterocycles. The van der Waals surface area contributed by atoms with Crippen LogP contribution in [0.15, 0.2) is 5.51 Å². The second kappa shape index (κ2) is 5.07. The van der Waals surface area contributed by atoms with Crippen LogP contribution in [-0.4, -0.2) is 22.7 Å². The van der Waals surface area contributed by atoms with Gasteiger partial charge < -0.3 is 9.84 Å². The average molecular weight is 215 g/mol. The Kier molecular flexibility index (Phi) is 4.03. The number of carbonyl (C=O) groups excluding carboxylic acids is 1. The van der Waals surface area contributed by atoms with Crippen LogP contribution in [0, 0.1) is 6.92 Å². The Bertz CT molecular complexity index is 311. The zero-order valence-corrected chi connectivity index (χ0v) is 9.00. The molecule has 0 fully saturated rings. The fraction of sp³-hybridized carbons (Fsp3) is 0.556. The van der Waals surface area contributed by atoms with E-state index in [1.807, 2.05) is 0 Å². The molecule has 0 saturated heterocycles. The highest BCUT2D eigenvalue weighted by molar-refractivity contribution is 7.09. The molecule has 1 N–H and O–H groups in total. The Morgan fingerprint density at radius 1 is 1.79 bits per heavy atom. The van der Waals surface area contributed by atoms with Crippen LogP contribution in [0.5, 0.6) is 0 Å². The second-order valence-electron chi connectivity index (χ2n) is 2.83. The summed E-state index contributed by atoms with van der Waals surface area (Å²) in [7, 11) is 0. The Balaban J connectivity index is 2.54. The van der Waals surface area contributed by atoms with E-state index < -0.39 is 6.10 Å². The van der Waals surface area contributed by atoms with E-state index in [9.17, 15) is 9.90 Å². The summed E-state index contributed by atoms with van der Waals surface area (Å²) in [6, 6.07) is 0. The fourth-order valence-corrected chi connectivity index (χ4v) is 1.89. The molecule has 4 nitrogen and oxygen atoms in total. The van der Waals surface area contributed by atoms with Gasteiger partial charge in [0.25, 0.3) is 0 Å². The van der Waals surface area contributed by atoms with Crippen LogP contribution in [0.3, 0.4) is 0 Å². The van der Waals surface area contributed by atoms with Crippen molar-refractivity contribution in [2.45, 2.75) is 26.4 Å². The van der Waals surface area contributed by atoms with Gasteiger partial charge in [0.2, 0.25) is 0 Å². The molecule has 0 bridgehead atoms. The van der Waals surface area contributed by atoms with E-state index in [1.54, 1.807) is 19.4 Å². The van der Waals surface area contributed by atoms with Gasteiger partial charge in [-0.25, -0.2) is 4.98 Å². The number of ether oxygens (including phenoxy) is 1. The second-order valence-corrected chi connectivity index (χ2v) is 3.71. The van der Waals surface area contributed by atoms with Crippen LogP contribution in [-0.2, 0) is 9.53 Å². The first-order valence-electron chi connectivity index (χ1n) is 4.38. The number of aliphatic hydroxyl groups is 1. The van der Waals surface area contributed by atoms with E-state index in [2.05, 4.69) is 4.98 Å². The zero-order chi connectivity index (χ0) is 10.6. The van der Waals surface area contributed by atoms with E-state index in [-0.39, 0.29) is 12.4 Å². The molecule has 0 radical (unpaired) electrons. The summed E-state index contributed by atoms with van der Waals surface area (Å²) >= 11 is 1.35. The quantitative estimate of drug-likeness (QED) is 0.772. The van der Waals surface area contributed by atoms with Gasteiger partial charge in [0, 0.05) is 0 Å². The normalized spacial score (nSPS) is 12.5. The molecule has 1 rings (SSSR count). The molecule has 5 heteroatoms. The maximum atomic E-state index is 11.1. The van der Waals surface area contributed by atoms with Gasteiger partial charge in [-0.2, -0.15) is 0 Å². The van der Waals surface area contributed by atoms with Crippen molar-refractivity contribution >= 4 is 17.3 Å². The van der Waals surface area contributed by atoms with E-state index in [1.165, 1.54) is 11.3 Å². The van der Waals surface area contributed by atoms with Crippen molar-refractivity contribution < 1.29 is 14.6 Å². The van der Waals surface area contributed by atoms with Crippen molar-refractivity contribution in [3.8, 4) is 0 Å². The summed E-state index contributed by atoms with van der Waals surface area (Å²) < 4.78 is 4.74. The molecule has 1 aromatic heterocycles. The van der Waals surface area contributed by atoms with Crippen LogP contribution in [0.2, 0.25) is 0 Å². The predicted octanol–water partition coefficient (Wildman–Crippen LogP) is 1.44. The third-order valence-corrected chi connectivity index (χ3v) is 2.78. The van der Waals surface area contributed by atoms with Gasteiger partial charge in [0.15, 0.2) is 0 Å². The number of aliphatic hydroxyl groups excluding tert-OH is 1. The molecule has 0 aliphatic rings. The maximum absolute atomic E-state index is 11.1. The first-order valence-corrected chi connectivity index (χ1v) is 5.26. The highest BCUT2D eigenvalue weighted by Gasteiger charge is 2.17. The van der Waals surface area contributed by atoms with Gasteiger partial charge in [0.1, 0.15) is 6.10 Å². The highest BCUT2D eigenvalue weighted by Crippen LogP contribution is 2.24. The lowest BCUT2D eigenvalue weighted by Crippen LogP contribution is -2.09. The van der Waals surface area contributed by atoms with Crippen molar-refractivity contribution in [1.82, 2.24) is 4.98 Å². The number of aromatic nitrogens is 1. The first kappa shape index (κ1) is 11.1. The smallest absolute Gasteiger partial charge is 0.308 e. The average Bonchev–Trinajstić information content (AvgIpc) is 2.51. The lowest BCUT2D eigenvalue weighted by molar-refractivity contribution is -0.145. The summed E-state index contributed by atoms with van der Waals surface area (Å²) in [5.74, 6) is -0.382. The van der Waals surface area contributed by atoms with E-state index in [4.69, 9.17) is 4.74 Å². The highest BCUT2D eigenvalue weighted by atomic mass is 32.1. The number of nitrogens with zero attached hydrogens (tertiary/aromatic N) is 1. The third-order valence-electron chi connectivity index (χ3n) is 1.75. The van der Waals surface area contributed by atoms with E-state index >= 15 is 0 Å². The molecule has 1 atom stereocenters. The largest absolute Gasteiger partial charge is 0.466 e. The SMILES string of the molecule is CCOC(=O)CC(O)c1scnc1C. The minimum atomic E-state index is -0.790. The lowest BCUT2D eigenvalue weighted by Gasteiger charge is -2.07. The molecular formula is C9H13NO3S. The van der Waals surface area contributed by atoms with Gasteiger partial charge in [-0.1, -0.05) is 0 Å². The summed E-state index contributed by atoms with van der Waals surface area (Å²) in [6.07, 6.45) is -0.793. The van der Waals surface area contributed by atoms with Gasteiger partial charge in [-0.3, -0.25) is 4.79 Å². The summed E-state index contributed by atoms with van der Waals surface area (Å²) in [5.41, 5.74) is 2.42. The van der Waals surface area contributed by atoms with Crippen molar-refractivity contribution in [2.24, 2.45) is 0 Å². The minimum Gasteiger partial charge on any atom is -0.466 e. The number of hydrogen-bond acceptors (Lipinski definition) is 5. The molecule has 0 spiro atoms. The molecular weight excluding hydrogens is 202 g/mol. The summed E-state index contributed by atoms with van der Waals surface area (Å²) in [4.78, 5) is 15.8. The summed E-state index contributed by atoms with van der Waals surface area (Å²) in [5, 5.41) is 9.66. The topological polar surface area (TPSA) is 59.4 Å². The standard InChI is InChI=1S/C9H13NO3S/c1-3-13-8(12)4-7(11)9-6(2)10-5-14-9/h5,7,11H,3-4H2,1-2H3. The number of hydrogen-bond donors (Lipinski definition) is 1. The zero-order valence-electron chi connectivity index (χ0n) is 8.19.